The van der Waals surface area contributed by atoms with E-state index in [-0.39, 0.29) is 5.92 Å². The van der Waals surface area contributed by atoms with Gasteiger partial charge in [0.25, 0.3) is 0 Å². The first-order chi connectivity index (χ1) is 10.3. The predicted octanol–water partition coefficient (Wildman–Crippen LogP) is 3.62. The van der Waals surface area contributed by atoms with E-state index >= 15 is 0 Å². The summed E-state index contributed by atoms with van der Waals surface area (Å²) in [5.74, 6) is 1.24. The van der Waals surface area contributed by atoms with Crippen molar-refractivity contribution in [3.05, 3.63) is 29.8 Å². The van der Waals surface area contributed by atoms with Gasteiger partial charge in [-0.2, -0.15) is 0 Å². The van der Waals surface area contributed by atoms with Crippen molar-refractivity contribution in [2.24, 2.45) is 5.92 Å². The highest BCUT2D eigenvalue weighted by Gasteiger charge is 2.31. The van der Waals surface area contributed by atoms with Crippen molar-refractivity contribution in [2.75, 3.05) is 25.0 Å². The van der Waals surface area contributed by atoms with Crippen LogP contribution in [0.2, 0.25) is 0 Å². The summed E-state index contributed by atoms with van der Waals surface area (Å²) < 4.78 is 0. The van der Waals surface area contributed by atoms with Crippen LogP contribution in [0.15, 0.2) is 24.3 Å². The number of fused-ring (bicyclic) bond motifs is 1. The van der Waals surface area contributed by atoms with Gasteiger partial charge in [0.1, 0.15) is 0 Å². The predicted molar refractivity (Wildman–Crippen MR) is 86.5 cm³/mol. The molecule has 0 aliphatic carbocycles. The van der Waals surface area contributed by atoms with Crippen molar-refractivity contribution in [1.29, 1.82) is 0 Å². The van der Waals surface area contributed by atoms with Crippen molar-refractivity contribution in [1.82, 2.24) is 4.90 Å². The highest BCUT2D eigenvalue weighted by atomic mass is 16.2. The number of anilines is 1. The Morgan fingerprint density at radius 1 is 1.24 bits per heavy atom. The lowest BCUT2D eigenvalue weighted by molar-refractivity contribution is -0.134. The van der Waals surface area contributed by atoms with Gasteiger partial charge in [0, 0.05) is 25.3 Å². The number of nitrogens with one attached hydrogen (secondary N) is 1. The Kier molecular flexibility index (Phi) is 4.47. The van der Waals surface area contributed by atoms with E-state index in [0.717, 1.165) is 37.7 Å². The topological polar surface area (TPSA) is 32.3 Å². The van der Waals surface area contributed by atoms with Gasteiger partial charge in [0.15, 0.2) is 0 Å². The molecule has 0 saturated carbocycles. The van der Waals surface area contributed by atoms with E-state index in [0.29, 0.717) is 5.91 Å². The molecule has 3 nitrogen and oxygen atoms in total. The van der Waals surface area contributed by atoms with Crippen LogP contribution in [-0.2, 0) is 4.79 Å². The zero-order valence-corrected chi connectivity index (χ0v) is 13.0. The maximum atomic E-state index is 12.9. The molecular weight excluding hydrogens is 260 g/mol. The van der Waals surface area contributed by atoms with Gasteiger partial charge in [-0.1, -0.05) is 38.0 Å². The maximum Gasteiger partial charge on any atom is 0.230 e. The van der Waals surface area contributed by atoms with Gasteiger partial charge in [-0.3, -0.25) is 4.79 Å². The lowest BCUT2D eigenvalue weighted by atomic mass is 9.87. The van der Waals surface area contributed by atoms with Crippen LogP contribution in [0.1, 0.15) is 50.5 Å². The third kappa shape index (κ3) is 3.07. The molecule has 3 rings (SSSR count). The van der Waals surface area contributed by atoms with Crippen molar-refractivity contribution in [2.45, 2.75) is 44.9 Å². The summed E-state index contributed by atoms with van der Waals surface area (Å²) in [6.07, 6.45) is 5.88. The molecule has 1 N–H and O–H groups in total. The summed E-state index contributed by atoms with van der Waals surface area (Å²) in [5, 5.41) is 3.40. The van der Waals surface area contributed by atoms with Gasteiger partial charge in [-0.25, -0.2) is 0 Å². The molecule has 1 unspecified atom stereocenters. The van der Waals surface area contributed by atoms with E-state index in [2.05, 4.69) is 29.3 Å². The molecule has 1 saturated heterocycles. The largest absolute Gasteiger partial charge is 0.385 e. The molecule has 1 aromatic carbocycles. The molecule has 1 aromatic rings. The van der Waals surface area contributed by atoms with Gasteiger partial charge in [0.2, 0.25) is 5.91 Å². The second-order valence-electron chi connectivity index (χ2n) is 6.41. The van der Waals surface area contributed by atoms with Crippen LogP contribution >= 0.6 is 0 Å². The SMILES string of the molecule is CCCC1CCN(C(=O)C2CCNc3ccccc32)CC1. The number of piperidine rings is 1. The van der Waals surface area contributed by atoms with Crippen molar-refractivity contribution < 1.29 is 4.79 Å². The van der Waals surface area contributed by atoms with Crippen LogP contribution < -0.4 is 5.32 Å². The summed E-state index contributed by atoms with van der Waals surface area (Å²) in [5.41, 5.74) is 2.33. The second kappa shape index (κ2) is 6.50. The monoisotopic (exact) mass is 286 g/mol. The number of likely N-dealkylation sites (tertiary alicyclic amines) is 1. The van der Waals surface area contributed by atoms with E-state index in [9.17, 15) is 4.79 Å². The maximum absolute atomic E-state index is 12.9. The summed E-state index contributed by atoms with van der Waals surface area (Å²) in [6.45, 7) is 5.06. The third-order valence-electron chi connectivity index (χ3n) is 5.01. The number of nitrogens with zero attached hydrogens (tertiary/aromatic N) is 1. The van der Waals surface area contributed by atoms with E-state index in [1.54, 1.807) is 0 Å². The van der Waals surface area contributed by atoms with Crippen LogP contribution in [0.5, 0.6) is 0 Å². The first kappa shape index (κ1) is 14.4. The summed E-state index contributed by atoms with van der Waals surface area (Å²) in [6, 6.07) is 8.27. The number of rotatable bonds is 3. The fraction of sp³-hybridized carbons (Fsp3) is 0.611. The van der Waals surface area contributed by atoms with Gasteiger partial charge in [-0.15, -0.1) is 0 Å². The highest BCUT2D eigenvalue weighted by Crippen LogP contribution is 2.34. The fourth-order valence-electron chi connectivity index (χ4n) is 3.80. The molecule has 0 spiro atoms. The molecular formula is C18H26N2O. The molecule has 0 aromatic heterocycles. The zero-order chi connectivity index (χ0) is 14.7. The Morgan fingerprint density at radius 3 is 2.76 bits per heavy atom. The molecule has 1 amide bonds. The molecule has 0 bridgehead atoms. The van der Waals surface area contributed by atoms with Crippen LogP contribution in [0.4, 0.5) is 5.69 Å². The van der Waals surface area contributed by atoms with Crippen molar-refractivity contribution in [3.63, 3.8) is 0 Å². The molecule has 2 aliphatic rings. The minimum absolute atomic E-state index is 0.0603. The number of hydrogen-bond donors (Lipinski definition) is 1. The third-order valence-corrected chi connectivity index (χ3v) is 5.01. The second-order valence-corrected chi connectivity index (χ2v) is 6.41. The van der Waals surface area contributed by atoms with E-state index < -0.39 is 0 Å². The number of carbonyl (C=O) groups excluding carboxylic acids is 1. The van der Waals surface area contributed by atoms with Gasteiger partial charge in [0.05, 0.1) is 5.92 Å². The number of para-hydroxylation sites is 1. The number of amides is 1. The molecule has 2 heterocycles. The molecule has 1 fully saturated rings. The van der Waals surface area contributed by atoms with Gasteiger partial charge >= 0.3 is 0 Å². The minimum Gasteiger partial charge on any atom is -0.385 e. The molecule has 3 heteroatoms. The van der Waals surface area contributed by atoms with Crippen LogP contribution in [0.25, 0.3) is 0 Å². The fourth-order valence-corrected chi connectivity index (χ4v) is 3.80. The zero-order valence-electron chi connectivity index (χ0n) is 13.0. The van der Waals surface area contributed by atoms with Gasteiger partial charge in [-0.05, 0) is 36.8 Å². The Bertz CT molecular complexity index is 492. The normalized spacial score (nSPS) is 22.5. The van der Waals surface area contributed by atoms with E-state index in [4.69, 9.17) is 0 Å². The Balaban J connectivity index is 1.67. The van der Waals surface area contributed by atoms with E-state index in [1.807, 2.05) is 12.1 Å². The number of benzene rings is 1. The average Bonchev–Trinajstić information content (AvgIpc) is 2.55. The first-order valence-corrected chi connectivity index (χ1v) is 8.41. The molecule has 1 atom stereocenters. The molecule has 0 radical (unpaired) electrons. The first-order valence-electron chi connectivity index (χ1n) is 8.41. The molecule has 2 aliphatic heterocycles. The quantitative estimate of drug-likeness (QED) is 0.920. The Labute approximate surface area is 127 Å². The number of hydrogen-bond acceptors (Lipinski definition) is 2. The standard InChI is InChI=1S/C18H26N2O/c1-2-5-14-9-12-20(13-10-14)18(21)16-8-11-19-17-7-4-3-6-15(16)17/h3-4,6-7,14,16,19H,2,5,8-13H2,1H3. The summed E-state index contributed by atoms with van der Waals surface area (Å²) in [4.78, 5) is 15.0. The Morgan fingerprint density at radius 2 is 2.00 bits per heavy atom. The average molecular weight is 286 g/mol. The Hall–Kier alpha value is -1.51. The van der Waals surface area contributed by atoms with E-state index in [1.165, 1.54) is 31.2 Å². The minimum atomic E-state index is 0.0603. The van der Waals surface area contributed by atoms with Gasteiger partial charge < -0.3 is 10.2 Å². The van der Waals surface area contributed by atoms with Crippen LogP contribution in [-0.4, -0.2) is 30.4 Å². The highest BCUT2D eigenvalue weighted by molar-refractivity contribution is 5.86. The smallest absolute Gasteiger partial charge is 0.230 e. The molecule has 21 heavy (non-hydrogen) atoms. The summed E-state index contributed by atoms with van der Waals surface area (Å²) >= 11 is 0. The summed E-state index contributed by atoms with van der Waals surface area (Å²) in [7, 11) is 0. The lowest BCUT2D eigenvalue weighted by Gasteiger charge is -2.36. The molecule has 114 valence electrons. The van der Waals surface area contributed by atoms with Crippen molar-refractivity contribution >= 4 is 11.6 Å². The van der Waals surface area contributed by atoms with Crippen LogP contribution in [0, 0.1) is 5.92 Å². The van der Waals surface area contributed by atoms with Crippen molar-refractivity contribution in [3.8, 4) is 0 Å². The number of carbonyl (C=O) groups is 1. The van der Waals surface area contributed by atoms with Crippen LogP contribution in [0.3, 0.4) is 0 Å². The lowest BCUT2D eigenvalue weighted by Crippen LogP contribution is -2.42.